The normalized spacial score (nSPS) is 17.4. The molecule has 2 aliphatic rings. The van der Waals surface area contributed by atoms with E-state index in [1.54, 1.807) is 0 Å². The van der Waals surface area contributed by atoms with Crippen molar-refractivity contribution in [2.75, 3.05) is 23.3 Å². The number of nitrogens with zero attached hydrogens (tertiary/aromatic N) is 1. The number of piperidine rings is 1. The van der Waals surface area contributed by atoms with Crippen molar-refractivity contribution in [3.63, 3.8) is 0 Å². The van der Waals surface area contributed by atoms with Gasteiger partial charge in [0.05, 0.1) is 22.6 Å². The molecule has 7 nitrogen and oxygen atoms in total. The van der Waals surface area contributed by atoms with Crippen LogP contribution in [-0.4, -0.2) is 31.2 Å². The summed E-state index contributed by atoms with van der Waals surface area (Å²) in [5.74, 6) is -4.10. The second-order valence-corrected chi connectivity index (χ2v) is 10.5. The van der Waals surface area contributed by atoms with Crippen molar-refractivity contribution in [2.24, 2.45) is 5.41 Å². The molecule has 1 spiro atoms. The van der Waals surface area contributed by atoms with E-state index in [2.05, 4.69) is 10.1 Å². The van der Waals surface area contributed by atoms with Crippen LogP contribution in [0.4, 0.5) is 37.9 Å². The number of hydrogen-bond acceptors (Lipinski definition) is 7. The Hall–Kier alpha value is -4.03. The van der Waals surface area contributed by atoms with Crippen LogP contribution in [0, 0.1) is 5.41 Å². The van der Waals surface area contributed by atoms with Crippen molar-refractivity contribution >= 4 is 34.5 Å². The van der Waals surface area contributed by atoms with Gasteiger partial charge in [-0.1, -0.05) is 12.1 Å². The summed E-state index contributed by atoms with van der Waals surface area (Å²) in [5.41, 5.74) is -2.18. The zero-order valence-electron chi connectivity index (χ0n) is 21.6. The van der Waals surface area contributed by atoms with Crippen molar-refractivity contribution < 1.29 is 45.1 Å². The predicted molar refractivity (Wildman–Crippen MR) is 136 cm³/mol. The predicted octanol–water partition coefficient (Wildman–Crippen LogP) is 6.61. The highest BCUT2D eigenvalue weighted by atomic mass is 19.4. The Morgan fingerprint density at radius 2 is 1.66 bits per heavy atom. The van der Waals surface area contributed by atoms with Gasteiger partial charge in [-0.05, 0) is 62.3 Å². The van der Waals surface area contributed by atoms with E-state index < -0.39 is 46.9 Å². The second kappa shape index (κ2) is 10.1. The van der Waals surface area contributed by atoms with Gasteiger partial charge in [0.25, 0.3) is 0 Å². The van der Waals surface area contributed by atoms with Gasteiger partial charge >= 0.3 is 24.3 Å². The number of fused-ring (bicyclic) bond motifs is 1. The summed E-state index contributed by atoms with van der Waals surface area (Å²) in [5, 5.41) is 2.49. The number of ether oxygens (including phenoxy) is 1. The molecule has 0 amide bonds. The molecule has 5 rings (SSSR count). The first-order valence-electron chi connectivity index (χ1n) is 12.8. The van der Waals surface area contributed by atoms with Crippen molar-refractivity contribution in [2.45, 2.75) is 51.0 Å². The van der Waals surface area contributed by atoms with Gasteiger partial charge in [-0.3, -0.25) is 4.79 Å². The van der Waals surface area contributed by atoms with Crippen LogP contribution in [0.1, 0.15) is 60.1 Å². The van der Waals surface area contributed by atoms with Crippen LogP contribution in [-0.2, 0) is 15.7 Å². The fourth-order valence-corrected chi connectivity index (χ4v) is 5.09. The molecule has 1 N–H and O–H groups in total. The van der Waals surface area contributed by atoms with Gasteiger partial charge in [0, 0.05) is 30.4 Å². The number of carbonyl (C=O) groups is 2. The first-order chi connectivity index (χ1) is 19.2. The molecule has 2 fully saturated rings. The molecule has 0 radical (unpaired) electrons. The third-order valence-electron chi connectivity index (χ3n) is 7.67. The van der Waals surface area contributed by atoms with Crippen LogP contribution < -0.4 is 15.6 Å². The molecule has 1 aliphatic heterocycles. The van der Waals surface area contributed by atoms with Crippen LogP contribution in [0.2, 0.25) is 0 Å². The topological polar surface area (TPSA) is 88.8 Å². The van der Waals surface area contributed by atoms with Crippen LogP contribution >= 0.6 is 0 Å². The molecule has 1 aliphatic carbocycles. The van der Waals surface area contributed by atoms with E-state index in [1.807, 2.05) is 4.90 Å². The molecule has 3 aromatic rings. The molecule has 13 heteroatoms. The standard InChI is InChI=1S/C28H24F6N2O5/c1-15(35-20-5-3-2-4-17(20)24(38)41-25(39)28(32,33)34)18-12-16(27(29,30)31)13-19-21(37)14-22(40-23(18)19)36-10-8-26(6-7-26)9-11-36/h2-5,12-15,35H,6-11H2,1H3. The fraction of sp³-hybridized carbons (Fsp3) is 0.393. The summed E-state index contributed by atoms with van der Waals surface area (Å²) in [6.07, 6.45) is -6.10. The average Bonchev–Trinajstić information content (AvgIpc) is 3.66. The molecule has 1 saturated carbocycles. The number of alkyl halides is 6. The largest absolute Gasteiger partial charge is 0.491 e. The lowest BCUT2D eigenvalue weighted by atomic mass is 9.94. The smallest absolute Gasteiger partial charge is 0.440 e. The number of benzene rings is 2. The number of carbonyl (C=O) groups excluding carboxylic acids is 2. The van der Waals surface area contributed by atoms with Crippen molar-refractivity contribution in [3.05, 3.63) is 69.4 Å². The summed E-state index contributed by atoms with van der Waals surface area (Å²) >= 11 is 0. The maximum Gasteiger partial charge on any atom is 0.491 e. The Bertz CT molecular complexity index is 1560. The number of hydrogen-bond donors (Lipinski definition) is 1. The summed E-state index contributed by atoms with van der Waals surface area (Å²) < 4.78 is 89.2. The lowest BCUT2D eigenvalue weighted by Crippen LogP contribution is -2.34. The molecule has 0 bridgehead atoms. The number of para-hydroxylation sites is 1. The van der Waals surface area contributed by atoms with Gasteiger partial charge in [0.1, 0.15) is 5.58 Å². The van der Waals surface area contributed by atoms with E-state index in [1.165, 1.54) is 31.2 Å². The van der Waals surface area contributed by atoms with Crippen molar-refractivity contribution in [1.82, 2.24) is 0 Å². The third kappa shape index (κ3) is 5.89. The zero-order chi connectivity index (χ0) is 29.7. The number of nitrogens with one attached hydrogen (secondary N) is 1. The minimum Gasteiger partial charge on any atom is -0.440 e. The quantitative estimate of drug-likeness (QED) is 0.206. The monoisotopic (exact) mass is 582 g/mol. The van der Waals surface area contributed by atoms with E-state index in [4.69, 9.17) is 4.42 Å². The number of esters is 2. The molecule has 2 aromatic carbocycles. The molecular formula is C28H24F6N2O5. The highest BCUT2D eigenvalue weighted by Crippen LogP contribution is 2.54. The third-order valence-corrected chi connectivity index (χ3v) is 7.67. The molecule has 1 unspecified atom stereocenters. The maximum atomic E-state index is 13.8. The summed E-state index contributed by atoms with van der Waals surface area (Å²) in [4.78, 5) is 38.5. The van der Waals surface area contributed by atoms with E-state index in [-0.39, 0.29) is 28.1 Å². The van der Waals surface area contributed by atoms with Crippen LogP contribution in [0.3, 0.4) is 0 Å². The number of rotatable bonds is 5. The first-order valence-corrected chi connectivity index (χ1v) is 12.8. The zero-order valence-corrected chi connectivity index (χ0v) is 21.6. The van der Waals surface area contributed by atoms with E-state index >= 15 is 0 Å². The lowest BCUT2D eigenvalue weighted by Gasteiger charge is -2.32. The minimum absolute atomic E-state index is 0.0704. The molecule has 41 heavy (non-hydrogen) atoms. The van der Waals surface area contributed by atoms with E-state index in [9.17, 15) is 40.7 Å². The van der Waals surface area contributed by atoms with Crippen LogP contribution in [0.5, 0.6) is 0 Å². The summed E-state index contributed by atoms with van der Waals surface area (Å²) in [7, 11) is 0. The number of halogens is 6. The molecular weight excluding hydrogens is 558 g/mol. The highest BCUT2D eigenvalue weighted by Gasteiger charge is 2.45. The Morgan fingerprint density at radius 3 is 2.27 bits per heavy atom. The Morgan fingerprint density at radius 1 is 1.00 bits per heavy atom. The van der Waals surface area contributed by atoms with Gasteiger partial charge in [-0.2, -0.15) is 26.3 Å². The van der Waals surface area contributed by atoms with Crippen LogP contribution in [0.25, 0.3) is 11.0 Å². The Labute approximate surface area is 229 Å². The Balaban J connectivity index is 1.52. The van der Waals surface area contributed by atoms with Gasteiger partial charge < -0.3 is 19.4 Å². The van der Waals surface area contributed by atoms with Gasteiger partial charge in [0.2, 0.25) is 0 Å². The Kier molecular flexibility index (Phi) is 7.03. The molecule has 1 aromatic heterocycles. The van der Waals surface area contributed by atoms with Crippen molar-refractivity contribution in [3.8, 4) is 0 Å². The maximum absolute atomic E-state index is 13.8. The van der Waals surface area contributed by atoms with Gasteiger partial charge in [-0.25, -0.2) is 9.59 Å². The summed E-state index contributed by atoms with van der Waals surface area (Å²) in [6.45, 7) is 2.69. The molecule has 218 valence electrons. The van der Waals surface area contributed by atoms with Gasteiger partial charge in [-0.15, -0.1) is 0 Å². The van der Waals surface area contributed by atoms with Gasteiger partial charge in [0.15, 0.2) is 11.3 Å². The average molecular weight is 582 g/mol. The van der Waals surface area contributed by atoms with Crippen LogP contribution in [0.15, 0.2) is 51.7 Å². The highest BCUT2D eigenvalue weighted by molar-refractivity contribution is 6.02. The first kappa shape index (κ1) is 28.5. The molecule has 2 heterocycles. The summed E-state index contributed by atoms with van der Waals surface area (Å²) in [6, 6.07) is 6.75. The van der Waals surface area contributed by atoms with E-state index in [0.717, 1.165) is 37.8 Å². The fourth-order valence-electron chi connectivity index (χ4n) is 5.09. The lowest BCUT2D eigenvalue weighted by molar-refractivity contribution is -0.193. The molecule has 1 atom stereocenters. The van der Waals surface area contributed by atoms with E-state index in [0.29, 0.717) is 24.6 Å². The number of anilines is 2. The SMILES string of the molecule is CC(Nc1ccccc1C(=O)OC(=O)C(F)(F)F)c1cc(C(F)(F)F)cc2c(=O)cc(N3CCC4(CC3)CC4)oc12. The van der Waals surface area contributed by atoms with Crippen molar-refractivity contribution in [1.29, 1.82) is 0 Å². The second-order valence-electron chi connectivity index (χ2n) is 10.5. The molecule has 1 saturated heterocycles. The minimum atomic E-state index is -5.41.